The second kappa shape index (κ2) is 4.26. The fourth-order valence-corrected chi connectivity index (χ4v) is 2.31. The number of halogens is 5. The number of rotatable bonds is 1. The molecule has 0 bridgehead atoms. The molecule has 1 aliphatic heterocycles. The van der Waals surface area contributed by atoms with E-state index in [4.69, 9.17) is 5.73 Å². The molecule has 3 N–H and O–H groups in total. The molecule has 0 atom stereocenters. The second-order valence-corrected chi connectivity index (χ2v) is 5.08. The van der Waals surface area contributed by atoms with Crippen molar-refractivity contribution in [3.05, 3.63) is 22.7 Å². The number of nitrogens with zero attached hydrogens (tertiary/aromatic N) is 1. The number of alkyl halides is 4. The Kier molecular flexibility index (Phi) is 2.84. The van der Waals surface area contributed by atoms with Gasteiger partial charge in [-0.3, -0.25) is 5.10 Å². The molecule has 1 aliphatic rings. The SMILES string of the molecule is Nc1cc(-c2cc3c(cc2Br)OC(F)(F)C(F)(F)O3)[nH]n1. The maximum Gasteiger partial charge on any atom is 0.507 e. The summed E-state index contributed by atoms with van der Waals surface area (Å²) in [5.74, 6) is -0.838. The predicted molar refractivity (Wildman–Crippen MR) is 67.3 cm³/mol. The van der Waals surface area contributed by atoms with E-state index in [1.54, 1.807) is 0 Å². The second-order valence-electron chi connectivity index (χ2n) is 4.22. The standard InChI is InChI=1S/C11H6BrF4N3O2/c12-5-2-8-7(20-10(13,14)11(15,16)21-8)1-4(5)6-3-9(17)19-18-6/h1-3H,(H3,17,18,19). The molecule has 0 radical (unpaired) electrons. The smallest absolute Gasteiger partial charge is 0.421 e. The number of H-pyrrole nitrogens is 1. The molecule has 112 valence electrons. The quantitative estimate of drug-likeness (QED) is 0.757. The summed E-state index contributed by atoms with van der Waals surface area (Å²) in [6, 6.07) is 3.67. The molecule has 0 saturated carbocycles. The maximum atomic E-state index is 13.2. The first-order valence-corrected chi connectivity index (χ1v) is 6.27. The van der Waals surface area contributed by atoms with Crippen LogP contribution in [0, 0.1) is 0 Å². The molecule has 0 saturated heterocycles. The highest BCUT2D eigenvalue weighted by Crippen LogP contribution is 2.49. The van der Waals surface area contributed by atoms with Gasteiger partial charge in [-0.05, 0) is 28.1 Å². The van der Waals surface area contributed by atoms with Gasteiger partial charge in [0, 0.05) is 16.1 Å². The lowest BCUT2D eigenvalue weighted by Crippen LogP contribution is -2.52. The predicted octanol–water partition coefficient (Wildman–Crippen LogP) is 3.38. The van der Waals surface area contributed by atoms with E-state index in [9.17, 15) is 17.6 Å². The summed E-state index contributed by atoms with van der Waals surface area (Å²) >= 11 is 3.13. The summed E-state index contributed by atoms with van der Waals surface area (Å²) in [7, 11) is 0. The van der Waals surface area contributed by atoms with E-state index in [2.05, 4.69) is 35.6 Å². The maximum absolute atomic E-state index is 13.2. The van der Waals surface area contributed by atoms with Gasteiger partial charge in [0.2, 0.25) is 0 Å². The van der Waals surface area contributed by atoms with Crippen LogP contribution in [0.4, 0.5) is 23.4 Å². The molecule has 2 aromatic rings. The van der Waals surface area contributed by atoms with Gasteiger partial charge in [0.15, 0.2) is 11.5 Å². The molecule has 5 nitrogen and oxygen atoms in total. The van der Waals surface area contributed by atoms with E-state index in [1.807, 2.05) is 0 Å². The van der Waals surface area contributed by atoms with Crippen molar-refractivity contribution >= 4 is 21.7 Å². The van der Waals surface area contributed by atoms with Gasteiger partial charge in [-0.2, -0.15) is 22.7 Å². The molecule has 10 heteroatoms. The molecule has 0 aliphatic carbocycles. The number of ether oxygens (including phenoxy) is 2. The Morgan fingerprint density at radius 2 is 1.62 bits per heavy atom. The van der Waals surface area contributed by atoms with Gasteiger partial charge in [0.05, 0.1) is 5.69 Å². The molecule has 1 aromatic heterocycles. The zero-order valence-electron chi connectivity index (χ0n) is 9.96. The number of benzene rings is 1. The molecule has 0 unspecified atom stereocenters. The average molecular weight is 368 g/mol. The minimum absolute atomic E-state index is 0.184. The van der Waals surface area contributed by atoms with E-state index >= 15 is 0 Å². The van der Waals surface area contributed by atoms with Crippen molar-refractivity contribution in [3.63, 3.8) is 0 Å². The topological polar surface area (TPSA) is 73.2 Å². The van der Waals surface area contributed by atoms with Crippen LogP contribution in [0.5, 0.6) is 11.5 Å². The monoisotopic (exact) mass is 367 g/mol. The van der Waals surface area contributed by atoms with Crippen LogP contribution in [0.1, 0.15) is 0 Å². The van der Waals surface area contributed by atoms with Crippen LogP contribution in [0.15, 0.2) is 22.7 Å². The van der Waals surface area contributed by atoms with E-state index in [0.29, 0.717) is 15.7 Å². The fraction of sp³-hybridized carbons (Fsp3) is 0.182. The third-order valence-corrected chi connectivity index (χ3v) is 3.39. The minimum Gasteiger partial charge on any atom is -0.421 e. The van der Waals surface area contributed by atoms with Crippen LogP contribution in [-0.2, 0) is 0 Å². The molecule has 0 spiro atoms. The number of fused-ring (bicyclic) bond motifs is 1. The Bertz CT molecular complexity index is 719. The lowest BCUT2D eigenvalue weighted by Gasteiger charge is -2.32. The summed E-state index contributed by atoms with van der Waals surface area (Å²) in [6.45, 7) is 0. The highest BCUT2D eigenvalue weighted by atomic mass is 79.9. The van der Waals surface area contributed by atoms with Gasteiger partial charge >= 0.3 is 12.2 Å². The van der Waals surface area contributed by atoms with Crippen molar-refractivity contribution in [2.45, 2.75) is 12.2 Å². The average Bonchev–Trinajstić information content (AvgIpc) is 2.77. The van der Waals surface area contributed by atoms with Crippen LogP contribution >= 0.6 is 15.9 Å². The van der Waals surface area contributed by atoms with E-state index in [1.165, 1.54) is 6.07 Å². The van der Waals surface area contributed by atoms with E-state index in [-0.39, 0.29) is 5.82 Å². The van der Waals surface area contributed by atoms with Crippen LogP contribution in [-0.4, -0.2) is 22.4 Å². The number of nitrogen functional groups attached to an aromatic ring is 1. The number of aromatic amines is 1. The fourth-order valence-electron chi connectivity index (χ4n) is 1.77. The first-order valence-electron chi connectivity index (χ1n) is 5.48. The molecule has 0 fully saturated rings. The van der Waals surface area contributed by atoms with Crippen LogP contribution in [0.2, 0.25) is 0 Å². The van der Waals surface area contributed by atoms with Crippen molar-refractivity contribution in [2.75, 3.05) is 5.73 Å². The molecular weight excluding hydrogens is 362 g/mol. The van der Waals surface area contributed by atoms with E-state index in [0.717, 1.165) is 12.1 Å². The van der Waals surface area contributed by atoms with Gasteiger partial charge in [-0.15, -0.1) is 0 Å². The number of nitrogens with one attached hydrogen (secondary N) is 1. The Labute approximate surface area is 123 Å². The van der Waals surface area contributed by atoms with Gasteiger partial charge in [-0.1, -0.05) is 0 Å². The first kappa shape index (κ1) is 14.0. The van der Waals surface area contributed by atoms with Gasteiger partial charge in [0.1, 0.15) is 5.82 Å². The molecule has 3 rings (SSSR count). The van der Waals surface area contributed by atoms with Gasteiger partial charge in [0.25, 0.3) is 0 Å². The summed E-state index contributed by atoms with van der Waals surface area (Å²) in [6.07, 6.45) is -9.52. The molecule has 2 heterocycles. The highest BCUT2D eigenvalue weighted by molar-refractivity contribution is 9.10. The zero-order chi connectivity index (χ0) is 15.4. The van der Waals surface area contributed by atoms with Crippen LogP contribution in [0.25, 0.3) is 11.3 Å². The number of anilines is 1. The van der Waals surface area contributed by atoms with Crippen LogP contribution < -0.4 is 15.2 Å². The molecular formula is C11H6BrF4N3O2. The summed E-state index contributed by atoms with van der Waals surface area (Å²) in [4.78, 5) is 0. The summed E-state index contributed by atoms with van der Waals surface area (Å²) < 4.78 is 60.9. The summed E-state index contributed by atoms with van der Waals surface area (Å²) in [5, 5.41) is 6.26. The molecule has 1 aromatic carbocycles. The zero-order valence-corrected chi connectivity index (χ0v) is 11.5. The van der Waals surface area contributed by atoms with Crippen molar-refractivity contribution in [3.8, 4) is 22.8 Å². The van der Waals surface area contributed by atoms with Crippen molar-refractivity contribution < 1.29 is 27.0 Å². The Balaban J connectivity index is 2.10. The Morgan fingerprint density at radius 1 is 1.05 bits per heavy atom. The third-order valence-electron chi connectivity index (χ3n) is 2.74. The third kappa shape index (κ3) is 2.19. The number of hydrogen-bond acceptors (Lipinski definition) is 4. The number of hydrogen-bond donors (Lipinski definition) is 2. The number of nitrogens with two attached hydrogens (primary N) is 1. The van der Waals surface area contributed by atoms with Gasteiger partial charge < -0.3 is 15.2 Å². The lowest BCUT2D eigenvalue weighted by molar-refractivity contribution is -0.391. The number of aromatic nitrogens is 2. The first-order chi connectivity index (χ1) is 9.69. The minimum atomic E-state index is -4.77. The lowest BCUT2D eigenvalue weighted by atomic mass is 10.1. The van der Waals surface area contributed by atoms with Crippen LogP contribution in [0.3, 0.4) is 0 Å². The van der Waals surface area contributed by atoms with Gasteiger partial charge in [-0.25, -0.2) is 0 Å². The summed E-state index contributed by atoms with van der Waals surface area (Å²) in [5.41, 5.74) is 6.19. The molecule has 21 heavy (non-hydrogen) atoms. The van der Waals surface area contributed by atoms with Crippen molar-refractivity contribution in [1.82, 2.24) is 10.2 Å². The highest BCUT2D eigenvalue weighted by Gasteiger charge is 2.66. The normalized spacial score (nSPS) is 18.5. The van der Waals surface area contributed by atoms with Crippen molar-refractivity contribution in [2.24, 2.45) is 0 Å². The Morgan fingerprint density at radius 3 is 2.14 bits per heavy atom. The molecule has 0 amide bonds. The Hall–Kier alpha value is -1.97. The van der Waals surface area contributed by atoms with Crippen molar-refractivity contribution in [1.29, 1.82) is 0 Å². The van der Waals surface area contributed by atoms with E-state index < -0.39 is 23.7 Å². The largest absolute Gasteiger partial charge is 0.507 e.